The second-order valence-corrected chi connectivity index (χ2v) is 8.08. The highest BCUT2D eigenvalue weighted by Gasteiger charge is 2.53. The zero-order chi connectivity index (χ0) is 19.7. The van der Waals surface area contributed by atoms with Crippen molar-refractivity contribution in [1.82, 2.24) is 0 Å². The third-order valence-corrected chi connectivity index (χ3v) is 6.20. The molecule has 1 N–H and O–H groups in total. The summed E-state index contributed by atoms with van der Waals surface area (Å²) in [5, 5.41) is 12.0. The summed E-state index contributed by atoms with van der Waals surface area (Å²) in [7, 11) is 0. The minimum absolute atomic E-state index is 0.613. The Labute approximate surface area is 172 Å². The standard InChI is InChI=1S/C26H27N2O/c29-26(23-17-15-22(16-18-23)21-10-4-1-5-11-21)20-27-19-9-3-8-14-25(27)28(26)24-12-6-2-7-13-24/h1-2,4-7,10-13,15-18,29H,3,8-9,14,19-20H2/q+1. The first-order valence-electron chi connectivity index (χ1n) is 10.6. The molecular formula is C26H27N2O+. The quantitative estimate of drug-likeness (QED) is 0.644. The van der Waals surface area contributed by atoms with Crippen molar-refractivity contribution in [1.29, 1.82) is 0 Å². The highest BCUT2D eigenvalue weighted by atomic mass is 16.3. The van der Waals surface area contributed by atoms with Crippen molar-refractivity contribution in [3.63, 3.8) is 0 Å². The van der Waals surface area contributed by atoms with E-state index in [1.165, 1.54) is 36.2 Å². The van der Waals surface area contributed by atoms with Crippen LogP contribution < -0.4 is 4.90 Å². The molecule has 2 aliphatic heterocycles. The molecular weight excluding hydrogens is 356 g/mol. The molecule has 5 rings (SSSR count). The van der Waals surface area contributed by atoms with Crippen molar-refractivity contribution in [3.05, 3.63) is 90.5 Å². The van der Waals surface area contributed by atoms with E-state index in [2.05, 4.69) is 70.1 Å². The van der Waals surface area contributed by atoms with Crippen molar-refractivity contribution < 1.29 is 9.68 Å². The minimum Gasteiger partial charge on any atom is -0.346 e. The van der Waals surface area contributed by atoms with Gasteiger partial charge in [0.25, 0.3) is 11.6 Å². The second-order valence-electron chi connectivity index (χ2n) is 8.08. The first-order chi connectivity index (χ1) is 14.3. The molecule has 2 aliphatic rings. The minimum atomic E-state index is -1.05. The zero-order valence-electron chi connectivity index (χ0n) is 16.7. The van der Waals surface area contributed by atoms with E-state index < -0.39 is 5.72 Å². The molecule has 3 aromatic carbocycles. The van der Waals surface area contributed by atoms with Crippen LogP contribution in [0, 0.1) is 0 Å². The van der Waals surface area contributed by atoms with Crippen LogP contribution in [0.5, 0.6) is 0 Å². The summed E-state index contributed by atoms with van der Waals surface area (Å²) in [6.45, 7) is 1.63. The van der Waals surface area contributed by atoms with Crippen molar-refractivity contribution in [2.45, 2.75) is 31.4 Å². The van der Waals surface area contributed by atoms with Crippen LogP contribution in [0.3, 0.4) is 0 Å². The van der Waals surface area contributed by atoms with Crippen LogP contribution in [-0.2, 0) is 5.72 Å². The molecule has 0 aromatic heterocycles. The third kappa shape index (κ3) is 3.26. The van der Waals surface area contributed by atoms with Crippen LogP contribution in [0.15, 0.2) is 84.9 Å². The largest absolute Gasteiger partial charge is 0.346 e. The van der Waals surface area contributed by atoms with Gasteiger partial charge >= 0.3 is 0 Å². The fraction of sp³-hybridized carbons (Fsp3) is 0.269. The summed E-state index contributed by atoms with van der Waals surface area (Å²) in [6, 6.07) is 29.2. The Morgan fingerprint density at radius 1 is 0.724 bits per heavy atom. The SMILES string of the molecule is OC1(c2ccc(-c3ccccc3)cc2)C[N+]2=C(CCCCC2)N1c1ccccc1. The summed E-state index contributed by atoms with van der Waals surface area (Å²) in [4.78, 5) is 2.18. The Balaban J connectivity index is 1.56. The molecule has 1 atom stereocenters. The van der Waals surface area contributed by atoms with Crippen LogP contribution in [0.2, 0.25) is 0 Å². The normalized spacial score (nSPS) is 21.8. The molecule has 0 bridgehead atoms. The lowest BCUT2D eigenvalue weighted by Gasteiger charge is -2.29. The van der Waals surface area contributed by atoms with Crippen molar-refractivity contribution in [3.8, 4) is 11.1 Å². The highest BCUT2D eigenvalue weighted by molar-refractivity contribution is 5.97. The van der Waals surface area contributed by atoms with Gasteiger partial charge in [0.15, 0.2) is 6.54 Å². The van der Waals surface area contributed by atoms with Crippen LogP contribution in [-0.4, -0.2) is 28.6 Å². The van der Waals surface area contributed by atoms with Crippen LogP contribution in [0.25, 0.3) is 11.1 Å². The van der Waals surface area contributed by atoms with Gasteiger partial charge in [-0.15, -0.1) is 0 Å². The number of amidine groups is 1. The molecule has 0 aliphatic carbocycles. The van der Waals surface area contributed by atoms with Gasteiger partial charge in [0.2, 0.25) is 0 Å². The summed E-state index contributed by atoms with van der Waals surface area (Å²) in [5.74, 6) is 1.25. The molecule has 3 nitrogen and oxygen atoms in total. The molecule has 1 unspecified atom stereocenters. The van der Waals surface area contributed by atoms with E-state index in [1.54, 1.807) is 0 Å². The van der Waals surface area contributed by atoms with Gasteiger partial charge < -0.3 is 5.11 Å². The lowest BCUT2D eigenvalue weighted by molar-refractivity contribution is -0.534. The van der Waals surface area contributed by atoms with E-state index in [0.717, 1.165) is 24.2 Å². The van der Waals surface area contributed by atoms with E-state index in [9.17, 15) is 5.11 Å². The molecule has 0 spiro atoms. The van der Waals surface area contributed by atoms with Gasteiger partial charge in [-0.05, 0) is 42.5 Å². The van der Waals surface area contributed by atoms with Gasteiger partial charge in [-0.2, -0.15) is 4.90 Å². The van der Waals surface area contributed by atoms with Gasteiger partial charge in [0.1, 0.15) is 5.69 Å². The third-order valence-electron chi connectivity index (χ3n) is 6.20. The molecule has 0 fully saturated rings. The van der Waals surface area contributed by atoms with E-state index in [0.29, 0.717) is 6.54 Å². The molecule has 3 heteroatoms. The Hall–Kier alpha value is -2.91. The first kappa shape index (κ1) is 18.1. The highest BCUT2D eigenvalue weighted by Crippen LogP contribution is 2.38. The molecule has 3 aromatic rings. The molecule has 146 valence electrons. The number of benzene rings is 3. The Kier molecular flexibility index (Phi) is 4.69. The molecule has 0 saturated carbocycles. The van der Waals surface area contributed by atoms with E-state index in [1.807, 2.05) is 24.3 Å². The number of hydrogen-bond acceptors (Lipinski definition) is 2. The predicted molar refractivity (Wildman–Crippen MR) is 118 cm³/mol. The first-order valence-corrected chi connectivity index (χ1v) is 10.6. The van der Waals surface area contributed by atoms with Gasteiger partial charge in [-0.25, -0.2) is 0 Å². The average Bonchev–Trinajstić information content (AvgIpc) is 2.90. The number of hydrogen-bond donors (Lipinski definition) is 1. The molecule has 0 amide bonds. The maximum Gasteiger partial charge on any atom is 0.275 e. The predicted octanol–water partition coefficient (Wildman–Crippen LogP) is 5.00. The summed E-state index contributed by atoms with van der Waals surface area (Å²) in [6.07, 6.45) is 4.64. The summed E-state index contributed by atoms with van der Waals surface area (Å²) < 4.78 is 2.39. The summed E-state index contributed by atoms with van der Waals surface area (Å²) >= 11 is 0. The van der Waals surface area contributed by atoms with Crippen molar-refractivity contribution in [2.24, 2.45) is 0 Å². The molecule has 0 radical (unpaired) electrons. The van der Waals surface area contributed by atoms with Crippen LogP contribution in [0.1, 0.15) is 31.2 Å². The Bertz CT molecular complexity index is 1010. The number of rotatable bonds is 3. The Morgan fingerprint density at radius 2 is 1.38 bits per heavy atom. The van der Waals surface area contributed by atoms with E-state index in [-0.39, 0.29) is 0 Å². The fourth-order valence-corrected chi connectivity index (χ4v) is 4.74. The van der Waals surface area contributed by atoms with Crippen molar-refractivity contribution in [2.75, 3.05) is 18.0 Å². The summed E-state index contributed by atoms with van der Waals surface area (Å²) in [5.41, 5.74) is 3.32. The van der Waals surface area contributed by atoms with Crippen LogP contribution >= 0.6 is 0 Å². The number of aliphatic hydroxyl groups is 1. The molecule has 2 heterocycles. The Morgan fingerprint density at radius 3 is 2.10 bits per heavy atom. The molecule has 0 saturated heterocycles. The lowest BCUT2D eigenvalue weighted by atomic mass is 9.96. The maximum absolute atomic E-state index is 12.0. The van der Waals surface area contributed by atoms with E-state index >= 15 is 0 Å². The smallest absolute Gasteiger partial charge is 0.275 e. The average molecular weight is 384 g/mol. The van der Waals surface area contributed by atoms with Gasteiger partial charge in [0.05, 0.1) is 6.54 Å². The monoisotopic (exact) mass is 383 g/mol. The number of para-hydroxylation sites is 1. The number of anilines is 1. The maximum atomic E-state index is 12.0. The van der Waals surface area contributed by atoms with E-state index in [4.69, 9.17) is 0 Å². The van der Waals surface area contributed by atoms with Gasteiger partial charge in [-0.3, -0.25) is 4.58 Å². The topological polar surface area (TPSA) is 26.5 Å². The lowest BCUT2D eigenvalue weighted by Crippen LogP contribution is -2.47. The van der Waals surface area contributed by atoms with Gasteiger partial charge in [-0.1, -0.05) is 72.8 Å². The molecule has 29 heavy (non-hydrogen) atoms. The van der Waals surface area contributed by atoms with Gasteiger partial charge in [0, 0.05) is 12.0 Å². The second kappa shape index (κ2) is 7.49. The van der Waals surface area contributed by atoms with Crippen LogP contribution in [0.4, 0.5) is 5.69 Å². The fourth-order valence-electron chi connectivity index (χ4n) is 4.74. The number of nitrogens with zero attached hydrogens (tertiary/aromatic N) is 2. The van der Waals surface area contributed by atoms with Crippen molar-refractivity contribution >= 4 is 11.5 Å². The zero-order valence-corrected chi connectivity index (χ0v) is 16.7.